The molecular formula is C19H21ClN2O4S. The maximum atomic E-state index is 13.2. The Morgan fingerprint density at radius 3 is 2.56 bits per heavy atom. The standard InChI is InChI=1S/C19H21ClN2O4S/c1-13(2)11-21-19(23)18-12-22(16-5-3-4-6-17(16)26-18)27(24,25)15-9-7-14(20)8-10-15/h3-10,13,18H,11-12H2,1-2H3,(H,21,23)/t18-/m1/s1. The zero-order valence-electron chi connectivity index (χ0n) is 15.1. The van der Waals surface area contributed by atoms with Gasteiger partial charge in [0.15, 0.2) is 6.10 Å². The Morgan fingerprint density at radius 1 is 1.22 bits per heavy atom. The van der Waals surface area contributed by atoms with Crippen LogP contribution in [0.25, 0.3) is 0 Å². The molecule has 1 atom stereocenters. The fraction of sp³-hybridized carbons (Fsp3) is 0.316. The highest BCUT2D eigenvalue weighted by molar-refractivity contribution is 7.92. The summed E-state index contributed by atoms with van der Waals surface area (Å²) in [5.74, 6) is 0.291. The van der Waals surface area contributed by atoms with Gasteiger partial charge in [0.2, 0.25) is 0 Å². The molecule has 0 radical (unpaired) electrons. The van der Waals surface area contributed by atoms with Crippen molar-refractivity contribution in [1.82, 2.24) is 5.32 Å². The molecule has 0 aliphatic carbocycles. The number of anilines is 1. The Labute approximate surface area is 164 Å². The molecule has 1 aliphatic heterocycles. The quantitative estimate of drug-likeness (QED) is 0.824. The van der Waals surface area contributed by atoms with Gasteiger partial charge >= 0.3 is 0 Å². The highest BCUT2D eigenvalue weighted by Gasteiger charge is 2.37. The van der Waals surface area contributed by atoms with Crippen molar-refractivity contribution in [2.24, 2.45) is 5.92 Å². The third-order valence-electron chi connectivity index (χ3n) is 4.11. The van der Waals surface area contributed by atoms with Crippen LogP contribution in [0.15, 0.2) is 53.4 Å². The summed E-state index contributed by atoms with van der Waals surface area (Å²) in [6.07, 6.45) is -0.930. The molecule has 0 unspecified atom stereocenters. The largest absolute Gasteiger partial charge is 0.476 e. The minimum absolute atomic E-state index is 0.102. The summed E-state index contributed by atoms with van der Waals surface area (Å²) < 4.78 is 33.4. The Balaban J connectivity index is 1.95. The number of hydrogen-bond donors (Lipinski definition) is 1. The number of halogens is 1. The predicted molar refractivity (Wildman–Crippen MR) is 105 cm³/mol. The van der Waals surface area contributed by atoms with Crippen molar-refractivity contribution in [2.45, 2.75) is 24.8 Å². The van der Waals surface area contributed by atoms with Crippen LogP contribution < -0.4 is 14.4 Å². The number of benzene rings is 2. The van der Waals surface area contributed by atoms with E-state index in [4.69, 9.17) is 16.3 Å². The van der Waals surface area contributed by atoms with Gasteiger partial charge in [-0.05, 0) is 42.3 Å². The van der Waals surface area contributed by atoms with Gasteiger partial charge in [0, 0.05) is 11.6 Å². The number of sulfonamides is 1. The number of nitrogens with one attached hydrogen (secondary N) is 1. The van der Waals surface area contributed by atoms with Crippen LogP contribution >= 0.6 is 11.6 Å². The van der Waals surface area contributed by atoms with Crippen molar-refractivity contribution < 1.29 is 17.9 Å². The summed E-state index contributed by atoms with van der Waals surface area (Å²) in [5, 5.41) is 3.25. The Hall–Kier alpha value is -2.25. The Morgan fingerprint density at radius 2 is 1.89 bits per heavy atom. The van der Waals surface area contributed by atoms with E-state index in [0.717, 1.165) is 0 Å². The van der Waals surface area contributed by atoms with Crippen molar-refractivity contribution in [3.05, 3.63) is 53.6 Å². The molecule has 3 rings (SSSR count). The molecule has 144 valence electrons. The molecular weight excluding hydrogens is 388 g/mol. The molecule has 27 heavy (non-hydrogen) atoms. The topological polar surface area (TPSA) is 75.7 Å². The lowest BCUT2D eigenvalue weighted by atomic mass is 10.2. The number of ether oxygens (including phenoxy) is 1. The van der Waals surface area contributed by atoms with E-state index < -0.39 is 16.1 Å². The van der Waals surface area contributed by atoms with E-state index in [1.165, 1.54) is 28.6 Å². The lowest BCUT2D eigenvalue weighted by Gasteiger charge is -2.34. The molecule has 0 saturated carbocycles. The monoisotopic (exact) mass is 408 g/mol. The van der Waals surface area contributed by atoms with Crippen molar-refractivity contribution in [2.75, 3.05) is 17.4 Å². The highest BCUT2D eigenvalue weighted by Crippen LogP contribution is 2.36. The van der Waals surface area contributed by atoms with Crippen LogP contribution in [0.2, 0.25) is 5.02 Å². The first kappa shape index (κ1) is 19.5. The second-order valence-electron chi connectivity index (χ2n) is 6.70. The smallest absolute Gasteiger partial charge is 0.264 e. The zero-order chi connectivity index (χ0) is 19.6. The maximum absolute atomic E-state index is 13.2. The van der Waals surface area contributed by atoms with Gasteiger partial charge in [-0.1, -0.05) is 37.6 Å². The van der Waals surface area contributed by atoms with Crippen LogP contribution in [0.1, 0.15) is 13.8 Å². The van der Waals surface area contributed by atoms with Crippen LogP contribution in [0.5, 0.6) is 5.75 Å². The van der Waals surface area contributed by atoms with E-state index in [2.05, 4.69) is 5.32 Å². The molecule has 1 aliphatic rings. The van der Waals surface area contributed by atoms with Gasteiger partial charge in [0.1, 0.15) is 5.75 Å². The van der Waals surface area contributed by atoms with Crippen molar-refractivity contribution in [3.8, 4) is 5.75 Å². The van der Waals surface area contributed by atoms with Gasteiger partial charge in [-0.2, -0.15) is 0 Å². The van der Waals surface area contributed by atoms with E-state index in [0.29, 0.717) is 23.0 Å². The number of carbonyl (C=O) groups is 1. The molecule has 8 heteroatoms. The van der Waals surface area contributed by atoms with E-state index in [1.54, 1.807) is 24.3 Å². The molecule has 0 fully saturated rings. The average Bonchev–Trinajstić information content (AvgIpc) is 2.65. The highest BCUT2D eigenvalue weighted by atomic mass is 35.5. The van der Waals surface area contributed by atoms with Gasteiger partial charge in [-0.25, -0.2) is 8.42 Å². The zero-order valence-corrected chi connectivity index (χ0v) is 16.6. The van der Waals surface area contributed by atoms with Crippen LogP contribution in [0, 0.1) is 5.92 Å². The van der Waals surface area contributed by atoms with Crippen LogP contribution in [-0.2, 0) is 14.8 Å². The first-order chi connectivity index (χ1) is 12.8. The first-order valence-corrected chi connectivity index (χ1v) is 10.4. The lowest BCUT2D eigenvalue weighted by Crippen LogP contribution is -2.51. The molecule has 6 nitrogen and oxygen atoms in total. The van der Waals surface area contributed by atoms with Gasteiger partial charge < -0.3 is 10.1 Å². The number of carbonyl (C=O) groups excluding carboxylic acids is 1. The second-order valence-corrected chi connectivity index (χ2v) is 9.00. The Kier molecular flexibility index (Phi) is 5.62. The van der Waals surface area contributed by atoms with Crippen molar-refractivity contribution >= 4 is 33.2 Å². The van der Waals surface area contributed by atoms with Crippen molar-refractivity contribution in [3.63, 3.8) is 0 Å². The summed E-state index contributed by atoms with van der Waals surface area (Å²) in [5.41, 5.74) is 0.403. The fourth-order valence-corrected chi connectivity index (χ4v) is 4.32. The van der Waals surface area contributed by atoms with Gasteiger partial charge in [0.25, 0.3) is 15.9 Å². The molecule has 0 bridgehead atoms. The number of fused-ring (bicyclic) bond motifs is 1. The van der Waals surface area contributed by atoms with Crippen LogP contribution in [0.3, 0.4) is 0 Å². The molecule has 2 aromatic carbocycles. The lowest BCUT2D eigenvalue weighted by molar-refractivity contribution is -0.127. The number of nitrogens with zero attached hydrogens (tertiary/aromatic N) is 1. The molecule has 1 N–H and O–H groups in total. The fourth-order valence-electron chi connectivity index (χ4n) is 2.72. The minimum atomic E-state index is -3.88. The van der Waals surface area contributed by atoms with Crippen LogP contribution in [-0.4, -0.2) is 33.5 Å². The van der Waals surface area contributed by atoms with Crippen LogP contribution in [0.4, 0.5) is 5.69 Å². The molecule has 0 saturated heterocycles. The number of amides is 1. The first-order valence-electron chi connectivity index (χ1n) is 8.60. The molecule has 0 spiro atoms. The summed E-state index contributed by atoms with van der Waals surface area (Å²) in [7, 11) is -3.88. The number of hydrogen-bond acceptors (Lipinski definition) is 4. The van der Waals surface area contributed by atoms with E-state index >= 15 is 0 Å². The summed E-state index contributed by atoms with van der Waals surface area (Å²) >= 11 is 5.87. The predicted octanol–water partition coefficient (Wildman–Crippen LogP) is 3.07. The summed E-state index contributed by atoms with van der Waals surface area (Å²) in [6.45, 7) is 4.35. The van der Waals surface area contributed by atoms with E-state index in [1.807, 2.05) is 13.8 Å². The second kappa shape index (κ2) is 7.78. The summed E-state index contributed by atoms with van der Waals surface area (Å²) in [4.78, 5) is 12.6. The number of para-hydroxylation sites is 2. The number of rotatable bonds is 5. The van der Waals surface area contributed by atoms with Gasteiger partial charge in [-0.15, -0.1) is 0 Å². The third-order valence-corrected chi connectivity index (χ3v) is 6.16. The average molecular weight is 409 g/mol. The van der Waals surface area contributed by atoms with E-state index in [9.17, 15) is 13.2 Å². The van der Waals surface area contributed by atoms with E-state index in [-0.39, 0.29) is 23.3 Å². The molecule has 0 aromatic heterocycles. The molecule has 1 amide bonds. The molecule has 2 aromatic rings. The maximum Gasteiger partial charge on any atom is 0.264 e. The summed E-state index contributed by atoms with van der Waals surface area (Å²) in [6, 6.07) is 12.7. The van der Waals surface area contributed by atoms with Gasteiger partial charge in [-0.3, -0.25) is 9.10 Å². The van der Waals surface area contributed by atoms with Crippen molar-refractivity contribution in [1.29, 1.82) is 0 Å². The van der Waals surface area contributed by atoms with Gasteiger partial charge in [0.05, 0.1) is 17.1 Å². The normalized spacial score (nSPS) is 16.6. The Bertz CT molecular complexity index is 929. The third kappa shape index (κ3) is 4.20. The SMILES string of the molecule is CC(C)CNC(=O)[C@H]1CN(S(=O)(=O)c2ccc(Cl)cc2)c2ccccc2O1. The molecule has 1 heterocycles. The minimum Gasteiger partial charge on any atom is -0.476 e.